The summed E-state index contributed by atoms with van der Waals surface area (Å²) in [5, 5.41) is 20.7. The minimum atomic E-state index is -1.09. The summed E-state index contributed by atoms with van der Waals surface area (Å²) >= 11 is 0. The van der Waals surface area contributed by atoms with Crippen molar-refractivity contribution in [1.29, 1.82) is 0 Å². The van der Waals surface area contributed by atoms with Crippen LogP contribution in [0.4, 0.5) is 5.82 Å². The van der Waals surface area contributed by atoms with Gasteiger partial charge in [0.05, 0.1) is 78.5 Å². The largest absolute Gasteiger partial charge is 0.491 e. The highest BCUT2D eigenvalue weighted by Crippen LogP contribution is 2.35. The molecular weight excluding hydrogens is 819 g/mol. The third-order valence-corrected chi connectivity index (χ3v) is 9.92. The molecule has 2 amide bonds. The van der Waals surface area contributed by atoms with Crippen molar-refractivity contribution in [3.8, 4) is 16.9 Å². The van der Waals surface area contributed by atoms with Gasteiger partial charge >= 0.3 is 5.97 Å². The molecule has 0 saturated heterocycles. The molecule has 0 saturated carbocycles. The van der Waals surface area contributed by atoms with E-state index in [0.29, 0.717) is 84.5 Å². The lowest BCUT2D eigenvalue weighted by molar-refractivity contribution is -0.138. The number of nitrogens with one attached hydrogen (secondary N) is 3. The van der Waals surface area contributed by atoms with Crippen LogP contribution in [0, 0.1) is 6.92 Å². The Morgan fingerprint density at radius 2 is 1.38 bits per heavy atom. The van der Waals surface area contributed by atoms with Crippen LogP contribution >= 0.6 is 0 Å². The Bertz CT molecular complexity index is 2160. The van der Waals surface area contributed by atoms with Crippen molar-refractivity contribution in [2.45, 2.75) is 44.9 Å². The Labute approximate surface area is 374 Å². The monoisotopic (exact) mass is 879 g/mol. The van der Waals surface area contributed by atoms with E-state index in [-0.39, 0.29) is 32.0 Å². The lowest BCUT2D eigenvalue weighted by Crippen LogP contribution is -2.50. The van der Waals surface area contributed by atoms with E-state index in [9.17, 15) is 19.5 Å². The average Bonchev–Trinajstić information content (AvgIpc) is 3.30. The van der Waals surface area contributed by atoms with E-state index in [0.717, 1.165) is 44.6 Å². The number of carbonyl (C=O) groups excluding carboxylic acids is 2. The lowest BCUT2D eigenvalue weighted by atomic mass is 9.95. The number of ether oxygens (including phenoxy) is 6. The normalized spacial score (nSPS) is 12.1. The first-order valence-corrected chi connectivity index (χ1v) is 21.7. The summed E-state index contributed by atoms with van der Waals surface area (Å²) in [7, 11) is 0. The van der Waals surface area contributed by atoms with Crippen molar-refractivity contribution in [1.82, 2.24) is 15.6 Å². The van der Waals surface area contributed by atoms with Gasteiger partial charge in [0.15, 0.2) is 0 Å². The number of anilines is 1. The van der Waals surface area contributed by atoms with Crippen molar-refractivity contribution in [2.24, 2.45) is 5.73 Å². The van der Waals surface area contributed by atoms with Crippen LogP contribution in [-0.2, 0) is 44.7 Å². The van der Waals surface area contributed by atoms with E-state index in [4.69, 9.17) is 34.2 Å². The number of amides is 2. The number of aromatic nitrogens is 1. The van der Waals surface area contributed by atoms with Crippen molar-refractivity contribution in [3.63, 3.8) is 0 Å². The Kier molecular flexibility index (Phi) is 21.5. The van der Waals surface area contributed by atoms with Crippen molar-refractivity contribution in [2.75, 3.05) is 84.5 Å². The number of pyridine rings is 1. The van der Waals surface area contributed by atoms with E-state index in [1.54, 1.807) is 6.20 Å². The number of nitrogens with zero attached hydrogens (tertiary/aromatic N) is 1. The number of aryl methyl sites for hydroxylation is 1. The van der Waals surface area contributed by atoms with E-state index in [2.05, 4.69) is 20.9 Å². The predicted octanol–water partition coefficient (Wildman–Crippen LogP) is 5.84. The maximum absolute atomic E-state index is 13.9. The standard InChI is InChI=1S/C49H61N5O10/c1-36-19-22-52-46(32-36)51-21-7-12-47(55)53-44(35-63-34-37-8-3-2-4-9-37)49(58)54-43(33-48(56)57)39-15-13-38(14-16-39)40-17-18-45(42-11-6-5-10-41(40)42)64-31-30-62-29-28-61-27-26-60-25-24-59-23-20-50/h2-6,8-11,13-19,22,32,43-44H,7,12,20-21,23-31,33-35,50H2,1H3,(H,51,52)(H,53,55)(H,54,58)(H,56,57)/t43-,44-/m0/s1. The highest BCUT2D eigenvalue weighted by molar-refractivity contribution is 6.00. The fourth-order valence-electron chi connectivity index (χ4n) is 6.72. The molecule has 15 nitrogen and oxygen atoms in total. The molecule has 0 aliphatic rings. The summed E-state index contributed by atoms with van der Waals surface area (Å²) in [6.45, 7) is 7.21. The van der Waals surface area contributed by atoms with Gasteiger partial charge in [0.2, 0.25) is 11.8 Å². The molecule has 0 aliphatic carbocycles. The van der Waals surface area contributed by atoms with Crippen LogP contribution in [0.3, 0.4) is 0 Å². The second-order valence-electron chi connectivity index (χ2n) is 14.9. The second-order valence-corrected chi connectivity index (χ2v) is 14.9. The van der Waals surface area contributed by atoms with Crippen LogP contribution in [0.1, 0.15) is 42.0 Å². The van der Waals surface area contributed by atoms with E-state index < -0.39 is 24.0 Å². The molecule has 1 aromatic heterocycles. The molecule has 4 aromatic carbocycles. The van der Waals surface area contributed by atoms with Gasteiger partial charge in [-0.15, -0.1) is 0 Å². The SMILES string of the molecule is Cc1ccnc(NCCCC(=O)N[C@@H](COCc2ccccc2)C(=O)N[C@@H](CC(=O)O)c2ccc(-c3ccc(OCCOCCOCCOCCOCCN)c4ccccc34)cc2)c1. The first kappa shape index (κ1) is 49.1. The zero-order valence-electron chi connectivity index (χ0n) is 36.5. The zero-order chi connectivity index (χ0) is 45.2. The molecule has 0 fully saturated rings. The van der Waals surface area contributed by atoms with Gasteiger partial charge in [0.25, 0.3) is 0 Å². The quantitative estimate of drug-likeness (QED) is 0.0333. The van der Waals surface area contributed by atoms with Gasteiger partial charge in [-0.05, 0) is 64.7 Å². The molecule has 0 bridgehead atoms. The van der Waals surface area contributed by atoms with Gasteiger partial charge < -0.3 is 55.2 Å². The number of fused-ring (bicyclic) bond motifs is 1. The molecule has 15 heteroatoms. The summed E-state index contributed by atoms with van der Waals surface area (Å²) in [4.78, 5) is 43.4. The van der Waals surface area contributed by atoms with Crippen LogP contribution in [-0.4, -0.2) is 113 Å². The lowest BCUT2D eigenvalue weighted by Gasteiger charge is -2.23. The van der Waals surface area contributed by atoms with Gasteiger partial charge in [-0.3, -0.25) is 14.4 Å². The maximum Gasteiger partial charge on any atom is 0.305 e. The van der Waals surface area contributed by atoms with E-state index >= 15 is 0 Å². The molecular formula is C49H61N5O10. The number of nitrogens with two attached hydrogens (primary N) is 1. The van der Waals surface area contributed by atoms with Gasteiger partial charge in [-0.25, -0.2) is 4.98 Å². The van der Waals surface area contributed by atoms with E-state index in [1.807, 2.05) is 110 Å². The van der Waals surface area contributed by atoms with Crippen molar-refractivity contribution in [3.05, 3.63) is 126 Å². The third kappa shape index (κ3) is 17.3. The molecule has 0 spiro atoms. The Hall–Kier alpha value is -5.94. The number of rotatable bonds is 31. The van der Waals surface area contributed by atoms with Crippen molar-refractivity contribution < 1.29 is 47.9 Å². The zero-order valence-corrected chi connectivity index (χ0v) is 36.5. The summed E-state index contributed by atoms with van der Waals surface area (Å²) < 4.78 is 34.0. The second kappa shape index (κ2) is 28.0. The van der Waals surface area contributed by atoms with Gasteiger partial charge in [0, 0.05) is 31.1 Å². The van der Waals surface area contributed by atoms with Crippen LogP contribution in [0.25, 0.3) is 21.9 Å². The number of carbonyl (C=O) groups is 3. The molecule has 5 rings (SSSR count). The number of carboxylic acid groups (broad SMARTS) is 1. The molecule has 6 N–H and O–H groups in total. The summed E-state index contributed by atoms with van der Waals surface area (Å²) in [5.41, 5.74) is 9.81. The average molecular weight is 880 g/mol. The fraction of sp³-hybridized carbons (Fsp3) is 0.388. The Balaban J connectivity index is 1.16. The number of carboxylic acids is 1. The highest BCUT2D eigenvalue weighted by atomic mass is 16.6. The molecule has 0 radical (unpaired) electrons. The summed E-state index contributed by atoms with van der Waals surface area (Å²) in [6, 6.07) is 30.6. The first-order chi connectivity index (χ1) is 31.3. The van der Waals surface area contributed by atoms with Crippen LogP contribution in [0.2, 0.25) is 0 Å². The molecule has 1 heterocycles. The minimum Gasteiger partial charge on any atom is -0.491 e. The van der Waals surface area contributed by atoms with Crippen molar-refractivity contribution >= 4 is 34.4 Å². The van der Waals surface area contributed by atoms with Crippen LogP contribution in [0.15, 0.2) is 109 Å². The molecule has 0 unspecified atom stereocenters. The third-order valence-electron chi connectivity index (χ3n) is 9.92. The number of hydrogen-bond donors (Lipinski definition) is 5. The predicted molar refractivity (Wildman–Crippen MR) is 245 cm³/mol. The topological polar surface area (TPSA) is 202 Å². The summed E-state index contributed by atoms with van der Waals surface area (Å²) in [6.07, 6.45) is 1.99. The van der Waals surface area contributed by atoms with Gasteiger partial charge in [0.1, 0.15) is 24.2 Å². The Morgan fingerprint density at radius 3 is 2.05 bits per heavy atom. The molecule has 342 valence electrons. The molecule has 64 heavy (non-hydrogen) atoms. The van der Waals surface area contributed by atoms with Gasteiger partial charge in [-0.2, -0.15) is 0 Å². The minimum absolute atomic E-state index is 0.115. The van der Waals surface area contributed by atoms with Crippen LogP contribution < -0.4 is 26.4 Å². The fourth-order valence-corrected chi connectivity index (χ4v) is 6.72. The van der Waals surface area contributed by atoms with Gasteiger partial charge in [-0.1, -0.05) is 84.9 Å². The first-order valence-electron chi connectivity index (χ1n) is 21.7. The van der Waals surface area contributed by atoms with E-state index in [1.165, 1.54) is 0 Å². The molecule has 5 aromatic rings. The summed E-state index contributed by atoms with van der Waals surface area (Å²) in [5.74, 6) is -0.538. The number of benzene rings is 4. The maximum atomic E-state index is 13.9. The number of hydrogen-bond acceptors (Lipinski definition) is 12. The number of aliphatic carboxylic acids is 1. The smallest absolute Gasteiger partial charge is 0.305 e. The van der Waals surface area contributed by atoms with Crippen LogP contribution in [0.5, 0.6) is 5.75 Å². The highest BCUT2D eigenvalue weighted by Gasteiger charge is 2.26. The Morgan fingerprint density at radius 1 is 0.719 bits per heavy atom. The molecule has 2 atom stereocenters. The molecule has 0 aliphatic heterocycles.